The van der Waals surface area contributed by atoms with E-state index in [1.54, 1.807) is 64.2 Å². The van der Waals surface area contributed by atoms with Crippen LogP contribution in [0.5, 0.6) is 0 Å². The number of hydrogen-bond donors (Lipinski definition) is 0. The van der Waals surface area contributed by atoms with E-state index in [0.29, 0.717) is 0 Å². The van der Waals surface area contributed by atoms with Crippen LogP contribution < -0.4 is 0 Å². The average Bonchev–Trinajstić information content (AvgIpc) is 2.69. The van der Waals surface area contributed by atoms with Crippen molar-refractivity contribution in [2.45, 2.75) is 110 Å². The highest BCUT2D eigenvalue weighted by atomic mass is 14.4. The highest BCUT2D eigenvalue weighted by Crippen LogP contribution is 2.46. The maximum atomic E-state index is 2.39. The zero-order valence-corrected chi connectivity index (χ0v) is 17.2. The molecule has 0 radical (unpaired) electrons. The lowest BCUT2D eigenvalue weighted by Crippen LogP contribution is -2.29. The summed E-state index contributed by atoms with van der Waals surface area (Å²) in [5, 5.41) is 0. The molecule has 0 heterocycles. The molecule has 144 valence electrons. The van der Waals surface area contributed by atoms with Crippen molar-refractivity contribution in [1.29, 1.82) is 0 Å². The topological polar surface area (TPSA) is 0 Å². The van der Waals surface area contributed by atoms with Crippen LogP contribution in [0.2, 0.25) is 0 Å². The van der Waals surface area contributed by atoms with Gasteiger partial charge in [-0.2, -0.15) is 0 Å². The predicted molar refractivity (Wildman–Crippen MR) is 111 cm³/mol. The Labute approximate surface area is 158 Å². The quantitative estimate of drug-likeness (QED) is 0.426. The first-order chi connectivity index (χ1) is 12.3. The van der Waals surface area contributed by atoms with Crippen LogP contribution in [0.15, 0.2) is 12.2 Å². The predicted octanol–water partition coefficient (Wildman–Crippen LogP) is 8.17. The van der Waals surface area contributed by atoms with Crippen LogP contribution in [0.25, 0.3) is 0 Å². The van der Waals surface area contributed by atoms with E-state index in [-0.39, 0.29) is 0 Å². The van der Waals surface area contributed by atoms with E-state index < -0.39 is 0 Å². The van der Waals surface area contributed by atoms with Crippen molar-refractivity contribution in [2.24, 2.45) is 35.5 Å². The Kier molecular flexibility index (Phi) is 7.93. The first kappa shape index (κ1) is 19.5. The van der Waals surface area contributed by atoms with Crippen molar-refractivity contribution >= 4 is 0 Å². The van der Waals surface area contributed by atoms with Gasteiger partial charge in [-0.05, 0) is 107 Å². The Hall–Kier alpha value is -0.260. The lowest BCUT2D eigenvalue weighted by atomic mass is 9.65. The monoisotopic (exact) mass is 344 g/mol. The van der Waals surface area contributed by atoms with Crippen LogP contribution in [0, 0.1) is 35.5 Å². The van der Waals surface area contributed by atoms with Gasteiger partial charge in [-0.1, -0.05) is 51.2 Å². The zero-order valence-electron chi connectivity index (χ0n) is 17.2. The van der Waals surface area contributed by atoms with Crippen molar-refractivity contribution in [3.05, 3.63) is 12.2 Å². The molecule has 0 heteroatoms. The molecule has 0 aromatic heterocycles. The maximum Gasteiger partial charge on any atom is -0.0348 e. The number of hydrogen-bond acceptors (Lipinski definition) is 0. The van der Waals surface area contributed by atoms with Crippen molar-refractivity contribution in [3.63, 3.8) is 0 Å². The Morgan fingerprint density at radius 1 is 0.600 bits per heavy atom. The molecule has 0 spiro atoms. The summed E-state index contributed by atoms with van der Waals surface area (Å²) in [6.45, 7) is 4.55. The SMILES string of the molecule is C/C=C/CCC1CCC(C2CCC(C3CCC(CC)CC3)CC2)CC1. The molecule has 0 atom stereocenters. The van der Waals surface area contributed by atoms with Crippen LogP contribution in [0.1, 0.15) is 110 Å². The molecule has 0 unspecified atom stereocenters. The van der Waals surface area contributed by atoms with Crippen molar-refractivity contribution in [1.82, 2.24) is 0 Å². The molecular weight excluding hydrogens is 300 g/mol. The molecule has 3 fully saturated rings. The smallest absolute Gasteiger partial charge is 0.0348 e. The van der Waals surface area contributed by atoms with Gasteiger partial charge in [0, 0.05) is 0 Å². The molecule has 0 aromatic rings. The van der Waals surface area contributed by atoms with E-state index in [9.17, 15) is 0 Å². The molecule has 3 rings (SSSR count). The number of rotatable bonds is 6. The van der Waals surface area contributed by atoms with Crippen LogP contribution in [-0.4, -0.2) is 0 Å². The molecule has 0 amide bonds. The molecule has 0 aliphatic heterocycles. The minimum absolute atomic E-state index is 1.04. The molecule has 3 saturated carbocycles. The van der Waals surface area contributed by atoms with Gasteiger partial charge in [-0.3, -0.25) is 0 Å². The third-order valence-electron chi connectivity index (χ3n) is 8.49. The van der Waals surface area contributed by atoms with Crippen LogP contribution >= 0.6 is 0 Å². The standard InChI is InChI=1S/C25H44/c1-3-5-6-7-21-10-14-23(15-11-21)25-18-16-24(17-19-25)22-12-8-20(4-2)9-13-22/h3,5,20-25H,4,6-19H2,1-2H3/b5-3+. The summed E-state index contributed by atoms with van der Waals surface area (Å²) in [6, 6.07) is 0. The first-order valence-electron chi connectivity index (χ1n) is 11.9. The first-order valence-corrected chi connectivity index (χ1v) is 11.9. The van der Waals surface area contributed by atoms with Gasteiger partial charge in [-0.15, -0.1) is 0 Å². The van der Waals surface area contributed by atoms with Crippen molar-refractivity contribution < 1.29 is 0 Å². The second kappa shape index (κ2) is 10.2. The summed E-state index contributed by atoms with van der Waals surface area (Å²) in [4.78, 5) is 0. The van der Waals surface area contributed by atoms with E-state index in [0.717, 1.165) is 35.5 Å². The average molecular weight is 345 g/mol. The van der Waals surface area contributed by atoms with E-state index >= 15 is 0 Å². The van der Waals surface area contributed by atoms with Crippen LogP contribution in [-0.2, 0) is 0 Å². The van der Waals surface area contributed by atoms with Crippen LogP contribution in [0.3, 0.4) is 0 Å². The molecule has 0 N–H and O–H groups in total. The fourth-order valence-corrected chi connectivity index (χ4v) is 6.60. The van der Waals surface area contributed by atoms with Gasteiger partial charge < -0.3 is 0 Å². The van der Waals surface area contributed by atoms with Gasteiger partial charge >= 0.3 is 0 Å². The summed E-state index contributed by atoms with van der Waals surface area (Å²) >= 11 is 0. The van der Waals surface area contributed by atoms with E-state index in [1.165, 1.54) is 32.1 Å². The van der Waals surface area contributed by atoms with Gasteiger partial charge in [-0.25, -0.2) is 0 Å². The normalized spacial score (nSPS) is 40.4. The highest BCUT2D eigenvalue weighted by molar-refractivity contribution is 4.86. The Balaban J connectivity index is 1.34. The number of allylic oxidation sites excluding steroid dienone is 2. The Morgan fingerprint density at radius 3 is 1.40 bits per heavy atom. The van der Waals surface area contributed by atoms with Crippen LogP contribution in [0.4, 0.5) is 0 Å². The minimum Gasteiger partial charge on any atom is -0.0917 e. The zero-order chi connectivity index (χ0) is 17.5. The van der Waals surface area contributed by atoms with E-state index in [4.69, 9.17) is 0 Å². The van der Waals surface area contributed by atoms with Gasteiger partial charge in [0.05, 0.1) is 0 Å². The summed E-state index contributed by atoms with van der Waals surface area (Å²) in [7, 11) is 0. The Morgan fingerprint density at radius 2 is 1.00 bits per heavy atom. The second-order valence-corrected chi connectivity index (χ2v) is 9.79. The van der Waals surface area contributed by atoms with Gasteiger partial charge in [0.1, 0.15) is 0 Å². The molecule has 0 aromatic carbocycles. The lowest BCUT2D eigenvalue weighted by Gasteiger charge is -2.41. The molecule has 0 bridgehead atoms. The van der Waals surface area contributed by atoms with Gasteiger partial charge in [0.2, 0.25) is 0 Å². The molecule has 0 saturated heterocycles. The summed E-state index contributed by atoms with van der Waals surface area (Å²) in [6.07, 6.45) is 27.5. The molecule has 3 aliphatic carbocycles. The van der Waals surface area contributed by atoms with E-state index in [2.05, 4.69) is 26.0 Å². The molecule has 0 nitrogen and oxygen atoms in total. The molecule has 3 aliphatic rings. The minimum atomic E-state index is 1.04. The maximum absolute atomic E-state index is 2.39. The summed E-state index contributed by atoms with van der Waals surface area (Å²) in [5.41, 5.74) is 0. The second-order valence-electron chi connectivity index (χ2n) is 9.79. The lowest BCUT2D eigenvalue weighted by molar-refractivity contribution is 0.103. The summed E-state index contributed by atoms with van der Waals surface area (Å²) in [5.74, 6) is 6.50. The largest absolute Gasteiger partial charge is 0.0917 e. The highest BCUT2D eigenvalue weighted by Gasteiger charge is 2.34. The molecular formula is C25H44. The fraction of sp³-hybridized carbons (Fsp3) is 0.920. The van der Waals surface area contributed by atoms with Gasteiger partial charge in [0.25, 0.3) is 0 Å². The van der Waals surface area contributed by atoms with Crippen molar-refractivity contribution in [3.8, 4) is 0 Å². The van der Waals surface area contributed by atoms with Crippen molar-refractivity contribution in [2.75, 3.05) is 0 Å². The Bertz CT molecular complexity index is 371. The third kappa shape index (κ3) is 5.61. The molecule has 25 heavy (non-hydrogen) atoms. The summed E-state index contributed by atoms with van der Waals surface area (Å²) < 4.78 is 0. The third-order valence-corrected chi connectivity index (χ3v) is 8.49. The van der Waals surface area contributed by atoms with E-state index in [1.807, 2.05) is 0 Å². The fourth-order valence-electron chi connectivity index (χ4n) is 6.60. The van der Waals surface area contributed by atoms with Gasteiger partial charge in [0.15, 0.2) is 0 Å².